The zero-order valence-electron chi connectivity index (χ0n) is 13.4. The van der Waals surface area contributed by atoms with Crippen LogP contribution in [-0.4, -0.2) is 18.1 Å². The average molecular weight is 317 g/mol. The quantitative estimate of drug-likeness (QED) is 0.875. The molecule has 0 spiro atoms. The fourth-order valence-electron chi connectivity index (χ4n) is 1.93. The fraction of sp³-hybridized carbons (Fsp3) is 0.278. The Kier molecular flexibility index (Phi) is 5.57. The Labute approximate surface area is 135 Å². The maximum atomic E-state index is 12.9. The molecule has 2 aromatic carbocycles. The van der Waals surface area contributed by atoms with Crippen molar-refractivity contribution in [2.75, 3.05) is 5.32 Å². The van der Waals surface area contributed by atoms with Crippen LogP contribution < -0.4 is 14.8 Å². The Bertz CT molecular complexity index is 656. The largest absolute Gasteiger partial charge is 0.491 e. The third-order valence-corrected chi connectivity index (χ3v) is 2.97. The number of carbonyl (C=O) groups is 1. The Balaban J connectivity index is 1.96. The summed E-state index contributed by atoms with van der Waals surface area (Å²) in [6.07, 6.45) is -0.656. The lowest BCUT2D eigenvalue weighted by molar-refractivity contribution is -0.122. The van der Waals surface area contributed by atoms with E-state index in [1.54, 1.807) is 25.1 Å². The van der Waals surface area contributed by atoms with E-state index in [0.29, 0.717) is 17.2 Å². The van der Waals surface area contributed by atoms with Crippen LogP contribution in [0.5, 0.6) is 11.5 Å². The van der Waals surface area contributed by atoms with E-state index in [2.05, 4.69) is 5.32 Å². The molecule has 2 rings (SSSR count). The van der Waals surface area contributed by atoms with Crippen LogP contribution in [0.25, 0.3) is 0 Å². The molecule has 23 heavy (non-hydrogen) atoms. The van der Waals surface area contributed by atoms with E-state index >= 15 is 0 Å². The van der Waals surface area contributed by atoms with Crippen LogP contribution in [0.15, 0.2) is 48.5 Å². The lowest BCUT2D eigenvalue weighted by atomic mass is 10.2. The molecule has 0 heterocycles. The molecule has 0 saturated heterocycles. The molecule has 0 saturated carbocycles. The number of carbonyl (C=O) groups excluding carboxylic acids is 1. The standard InChI is InChI=1S/C18H20FNO3/c1-12(2)22-17-6-4-5-15(11-17)20-18(21)13(3)23-16-9-7-14(19)8-10-16/h4-13H,1-3H3,(H,20,21)/t13-/m1/s1. The third-order valence-electron chi connectivity index (χ3n) is 2.97. The van der Waals surface area contributed by atoms with Crippen LogP contribution in [0.3, 0.4) is 0 Å². The third kappa shape index (κ3) is 5.29. The summed E-state index contributed by atoms with van der Waals surface area (Å²) >= 11 is 0. The summed E-state index contributed by atoms with van der Waals surface area (Å²) in [4.78, 5) is 12.2. The molecule has 0 fully saturated rings. The minimum absolute atomic E-state index is 0.0571. The Hall–Kier alpha value is -2.56. The van der Waals surface area contributed by atoms with Crippen molar-refractivity contribution in [1.82, 2.24) is 0 Å². The molecule has 1 N–H and O–H groups in total. The number of anilines is 1. The summed E-state index contributed by atoms with van der Waals surface area (Å²) in [6.45, 7) is 5.50. The molecule has 0 aliphatic rings. The molecule has 0 aromatic heterocycles. The van der Waals surface area contributed by atoms with Crippen molar-refractivity contribution in [1.29, 1.82) is 0 Å². The highest BCUT2D eigenvalue weighted by Gasteiger charge is 2.15. The number of rotatable bonds is 6. The number of benzene rings is 2. The van der Waals surface area contributed by atoms with Gasteiger partial charge in [0.25, 0.3) is 5.91 Å². The van der Waals surface area contributed by atoms with Crippen LogP contribution in [0.2, 0.25) is 0 Å². The van der Waals surface area contributed by atoms with E-state index in [1.807, 2.05) is 19.9 Å². The van der Waals surface area contributed by atoms with Crippen molar-refractivity contribution in [3.05, 3.63) is 54.3 Å². The van der Waals surface area contributed by atoms with Crippen molar-refractivity contribution >= 4 is 11.6 Å². The molecule has 1 amide bonds. The molecule has 0 aliphatic heterocycles. The minimum atomic E-state index is -0.713. The van der Waals surface area contributed by atoms with Gasteiger partial charge in [-0.15, -0.1) is 0 Å². The molecule has 0 radical (unpaired) electrons. The van der Waals surface area contributed by atoms with Crippen molar-refractivity contribution in [3.63, 3.8) is 0 Å². The van der Waals surface area contributed by atoms with Gasteiger partial charge in [0.15, 0.2) is 6.10 Å². The van der Waals surface area contributed by atoms with Crippen LogP contribution >= 0.6 is 0 Å². The predicted molar refractivity (Wildman–Crippen MR) is 87.3 cm³/mol. The number of hydrogen-bond donors (Lipinski definition) is 1. The summed E-state index contributed by atoms with van der Waals surface area (Å²) < 4.78 is 23.9. The summed E-state index contributed by atoms with van der Waals surface area (Å²) in [6, 6.07) is 12.7. The molecule has 0 bridgehead atoms. The molecule has 0 unspecified atom stereocenters. The molecule has 5 heteroatoms. The second-order valence-corrected chi connectivity index (χ2v) is 5.40. The van der Waals surface area contributed by atoms with E-state index in [-0.39, 0.29) is 17.8 Å². The molecule has 2 aromatic rings. The van der Waals surface area contributed by atoms with Crippen molar-refractivity contribution in [3.8, 4) is 11.5 Å². The summed E-state index contributed by atoms with van der Waals surface area (Å²) in [7, 11) is 0. The van der Waals surface area contributed by atoms with Gasteiger partial charge in [0, 0.05) is 11.8 Å². The first-order valence-electron chi connectivity index (χ1n) is 7.44. The molecule has 4 nitrogen and oxygen atoms in total. The SMILES string of the molecule is CC(C)Oc1cccc(NC(=O)[C@@H](C)Oc2ccc(F)cc2)c1. The van der Waals surface area contributed by atoms with Gasteiger partial charge in [-0.1, -0.05) is 6.07 Å². The first kappa shape index (κ1) is 16.8. The Morgan fingerprint density at radius 3 is 2.35 bits per heavy atom. The van der Waals surface area contributed by atoms with E-state index in [0.717, 1.165) is 0 Å². The highest BCUT2D eigenvalue weighted by Crippen LogP contribution is 2.19. The van der Waals surface area contributed by atoms with Crippen LogP contribution in [0.4, 0.5) is 10.1 Å². The molecular weight excluding hydrogens is 297 g/mol. The van der Waals surface area contributed by atoms with E-state index in [1.165, 1.54) is 24.3 Å². The number of nitrogens with one attached hydrogen (secondary N) is 1. The van der Waals surface area contributed by atoms with Gasteiger partial charge in [-0.3, -0.25) is 4.79 Å². The predicted octanol–water partition coefficient (Wildman–Crippen LogP) is 4.02. The monoisotopic (exact) mass is 317 g/mol. The molecular formula is C18H20FNO3. The fourth-order valence-corrected chi connectivity index (χ4v) is 1.93. The lowest BCUT2D eigenvalue weighted by Crippen LogP contribution is -2.30. The molecule has 1 atom stereocenters. The number of ether oxygens (including phenoxy) is 2. The van der Waals surface area contributed by atoms with E-state index < -0.39 is 6.10 Å². The second-order valence-electron chi connectivity index (χ2n) is 5.40. The first-order chi connectivity index (χ1) is 10.9. The van der Waals surface area contributed by atoms with E-state index in [9.17, 15) is 9.18 Å². The van der Waals surface area contributed by atoms with Crippen LogP contribution in [0.1, 0.15) is 20.8 Å². The van der Waals surface area contributed by atoms with Crippen LogP contribution in [0, 0.1) is 5.82 Å². The average Bonchev–Trinajstić information content (AvgIpc) is 2.49. The van der Waals surface area contributed by atoms with Gasteiger partial charge in [0.1, 0.15) is 17.3 Å². The van der Waals surface area contributed by atoms with Crippen molar-refractivity contribution in [2.45, 2.75) is 33.0 Å². The normalized spacial score (nSPS) is 11.9. The van der Waals surface area contributed by atoms with Gasteiger partial charge < -0.3 is 14.8 Å². The highest BCUT2D eigenvalue weighted by molar-refractivity contribution is 5.94. The van der Waals surface area contributed by atoms with Gasteiger partial charge in [-0.2, -0.15) is 0 Å². The Morgan fingerprint density at radius 2 is 1.70 bits per heavy atom. The zero-order chi connectivity index (χ0) is 16.8. The van der Waals surface area contributed by atoms with Crippen molar-refractivity contribution < 1.29 is 18.7 Å². The maximum absolute atomic E-state index is 12.9. The van der Waals surface area contributed by atoms with Crippen LogP contribution in [-0.2, 0) is 4.79 Å². The number of hydrogen-bond acceptors (Lipinski definition) is 3. The minimum Gasteiger partial charge on any atom is -0.491 e. The smallest absolute Gasteiger partial charge is 0.265 e. The first-order valence-corrected chi connectivity index (χ1v) is 7.44. The Morgan fingerprint density at radius 1 is 1.00 bits per heavy atom. The van der Waals surface area contributed by atoms with Gasteiger partial charge in [-0.25, -0.2) is 4.39 Å². The van der Waals surface area contributed by atoms with Gasteiger partial charge in [-0.05, 0) is 57.2 Å². The number of amides is 1. The molecule has 0 aliphatic carbocycles. The van der Waals surface area contributed by atoms with Gasteiger partial charge >= 0.3 is 0 Å². The lowest BCUT2D eigenvalue weighted by Gasteiger charge is -2.15. The summed E-state index contributed by atoms with van der Waals surface area (Å²) in [5, 5.41) is 2.77. The zero-order valence-corrected chi connectivity index (χ0v) is 13.4. The van der Waals surface area contributed by atoms with Gasteiger partial charge in [0.2, 0.25) is 0 Å². The second kappa shape index (κ2) is 7.63. The highest BCUT2D eigenvalue weighted by atomic mass is 19.1. The molecule has 122 valence electrons. The number of halogens is 1. The maximum Gasteiger partial charge on any atom is 0.265 e. The summed E-state index contributed by atoms with van der Waals surface area (Å²) in [5.74, 6) is 0.475. The van der Waals surface area contributed by atoms with Gasteiger partial charge in [0.05, 0.1) is 6.10 Å². The topological polar surface area (TPSA) is 47.6 Å². The van der Waals surface area contributed by atoms with E-state index in [4.69, 9.17) is 9.47 Å². The summed E-state index contributed by atoms with van der Waals surface area (Å²) in [5.41, 5.74) is 0.628. The van der Waals surface area contributed by atoms with Crippen molar-refractivity contribution in [2.24, 2.45) is 0 Å².